The van der Waals surface area contributed by atoms with Gasteiger partial charge in [0.1, 0.15) is 0 Å². The SMILES string of the molecule is CN(Cc1ccn(C)n1)CC1CC(Br)C1. The molecule has 0 spiro atoms. The average molecular weight is 272 g/mol. The molecule has 84 valence electrons. The molecule has 1 aromatic rings. The molecule has 0 amide bonds. The van der Waals surface area contributed by atoms with Gasteiger partial charge in [0, 0.05) is 31.2 Å². The third-order valence-corrected chi connectivity index (χ3v) is 3.70. The molecule has 1 aromatic heterocycles. The second-order valence-corrected chi connectivity index (χ2v) is 5.91. The highest BCUT2D eigenvalue weighted by Crippen LogP contribution is 2.33. The van der Waals surface area contributed by atoms with Crippen molar-refractivity contribution in [1.29, 1.82) is 0 Å². The molecule has 0 bridgehead atoms. The summed E-state index contributed by atoms with van der Waals surface area (Å²) in [6.07, 6.45) is 4.65. The van der Waals surface area contributed by atoms with Gasteiger partial charge in [-0.2, -0.15) is 5.10 Å². The molecule has 0 saturated heterocycles. The Labute approximate surface area is 99.6 Å². The van der Waals surface area contributed by atoms with E-state index in [0.717, 1.165) is 23.0 Å². The second kappa shape index (κ2) is 4.66. The Bertz CT molecular complexity index is 317. The van der Waals surface area contributed by atoms with E-state index in [2.05, 4.69) is 39.0 Å². The summed E-state index contributed by atoms with van der Waals surface area (Å²) < 4.78 is 1.86. The van der Waals surface area contributed by atoms with E-state index in [1.807, 2.05) is 17.9 Å². The summed E-state index contributed by atoms with van der Waals surface area (Å²) in [5.41, 5.74) is 1.16. The van der Waals surface area contributed by atoms with Crippen molar-refractivity contribution >= 4 is 15.9 Å². The van der Waals surface area contributed by atoms with Crippen molar-refractivity contribution in [2.75, 3.05) is 13.6 Å². The maximum Gasteiger partial charge on any atom is 0.0764 e. The Morgan fingerprint density at radius 2 is 2.33 bits per heavy atom. The van der Waals surface area contributed by atoms with Crippen molar-refractivity contribution in [3.8, 4) is 0 Å². The van der Waals surface area contributed by atoms with E-state index in [0.29, 0.717) is 0 Å². The van der Waals surface area contributed by atoms with Gasteiger partial charge in [0.2, 0.25) is 0 Å². The van der Waals surface area contributed by atoms with Crippen LogP contribution in [0.3, 0.4) is 0 Å². The van der Waals surface area contributed by atoms with Gasteiger partial charge in [-0.15, -0.1) is 0 Å². The van der Waals surface area contributed by atoms with Gasteiger partial charge in [-0.3, -0.25) is 4.68 Å². The first-order chi connectivity index (χ1) is 7.13. The number of halogens is 1. The summed E-state index contributed by atoms with van der Waals surface area (Å²) in [5, 5.41) is 4.38. The van der Waals surface area contributed by atoms with Crippen LogP contribution in [0.4, 0.5) is 0 Å². The summed E-state index contributed by atoms with van der Waals surface area (Å²) in [5.74, 6) is 0.878. The first kappa shape index (κ1) is 11.1. The molecule has 0 unspecified atom stereocenters. The monoisotopic (exact) mass is 271 g/mol. The van der Waals surface area contributed by atoms with Crippen LogP contribution in [-0.2, 0) is 13.6 Å². The van der Waals surface area contributed by atoms with E-state index in [1.165, 1.54) is 19.4 Å². The second-order valence-electron chi connectivity index (χ2n) is 4.61. The maximum absolute atomic E-state index is 4.38. The van der Waals surface area contributed by atoms with Crippen LogP contribution in [0.25, 0.3) is 0 Å². The minimum Gasteiger partial charge on any atom is -0.300 e. The van der Waals surface area contributed by atoms with Gasteiger partial charge in [0.05, 0.1) is 5.69 Å². The highest BCUT2D eigenvalue weighted by Gasteiger charge is 2.27. The molecule has 4 heteroatoms. The highest BCUT2D eigenvalue weighted by atomic mass is 79.9. The fourth-order valence-corrected chi connectivity index (χ4v) is 3.19. The molecule has 1 aliphatic rings. The number of hydrogen-bond acceptors (Lipinski definition) is 2. The highest BCUT2D eigenvalue weighted by molar-refractivity contribution is 9.09. The van der Waals surface area contributed by atoms with Gasteiger partial charge in [0.25, 0.3) is 0 Å². The first-order valence-electron chi connectivity index (χ1n) is 5.44. The van der Waals surface area contributed by atoms with Gasteiger partial charge >= 0.3 is 0 Å². The van der Waals surface area contributed by atoms with Crippen molar-refractivity contribution in [3.05, 3.63) is 18.0 Å². The van der Waals surface area contributed by atoms with Crippen LogP contribution in [0.5, 0.6) is 0 Å². The molecular weight excluding hydrogens is 254 g/mol. The van der Waals surface area contributed by atoms with Crippen molar-refractivity contribution < 1.29 is 0 Å². The molecule has 1 heterocycles. The number of hydrogen-bond donors (Lipinski definition) is 0. The van der Waals surface area contributed by atoms with E-state index in [1.54, 1.807) is 0 Å². The molecule has 0 aromatic carbocycles. The minimum atomic E-state index is 0.769. The zero-order valence-corrected chi connectivity index (χ0v) is 10.9. The maximum atomic E-state index is 4.38. The normalized spacial score (nSPS) is 25.6. The molecule has 0 aliphatic heterocycles. The largest absolute Gasteiger partial charge is 0.300 e. The first-order valence-corrected chi connectivity index (χ1v) is 6.36. The zero-order valence-electron chi connectivity index (χ0n) is 9.36. The van der Waals surface area contributed by atoms with E-state index < -0.39 is 0 Å². The number of nitrogens with zero attached hydrogens (tertiary/aromatic N) is 3. The molecule has 3 nitrogen and oxygen atoms in total. The Balaban J connectivity index is 1.75. The van der Waals surface area contributed by atoms with Gasteiger partial charge < -0.3 is 4.90 Å². The molecular formula is C11H18BrN3. The van der Waals surface area contributed by atoms with Crippen LogP contribution in [0.15, 0.2) is 12.3 Å². The lowest BCUT2D eigenvalue weighted by molar-refractivity contribution is 0.206. The smallest absolute Gasteiger partial charge is 0.0764 e. The van der Waals surface area contributed by atoms with E-state index in [-0.39, 0.29) is 0 Å². The zero-order chi connectivity index (χ0) is 10.8. The Hall–Kier alpha value is -0.350. The third-order valence-electron chi connectivity index (χ3n) is 2.95. The molecule has 0 N–H and O–H groups in total. The number of aryl methyl sites for hydroxylation is 1. The number of alkyl halides is 1. The Morgan fingerprint density at radius 1 is 1.60 bits per heavy atom. The molecule has 0 radical (unpaired) electrons. The fraction of sp³-hybridized carbons (Fsp3) is 0.727. The lowest BCUT2D eigenvalue weighted by Gasteiger charge is -2.34. The van der Waals surface area contributed by atoms with E-state index >= 15 is 0 Å². The van der Waals surface area contributed by atoms with Gasteiger partial charge in [-0.25, -0.2) is 0 Å². The third kappa shape index (κ3) is 3.05. The summed E-state index contributed by atoms with van der Waals surface area (Å²) in [4.78, 5) is 3.14. The topological polar surface area (TPSA) is 21.1 Å². The predicted octanol–water partition coefficient (Wildman–Crippen LogP) is 2.03. The van der Waals surface area contributed by atoms with Gasteiger partial charge in [-0.1, -0.05) is 15.9 Å². The molecule has 15 heavy (non-hydrogen) atoms. The molecule has 1 aliphatic carbocycles. The van der Waals surface area contributed by atoms with Crippen molar-refractivity contribution in [2.24, 2.45) is 13.0 Å². The fourth-order valence-electron chi connectivity index (χ4n) is 2.13. The minimum absolute atomic E-state index is 0.769. The standard InChI is InChI=1S/C11H18BrN3/c1-14(7-9-5-10(12)6-9)8-11-3-4-15(2)13-11/h3-4,9-10H,5-8H2,1-2H3. The summed E-state index contributed by atoms with van der Waals surface area (Å²) in [6.45, 7) is 2.16. The summed E-state index contributed by atoms with van der Waals surface area (Å²) in [6, 6.07) is 2.09. The van der Waals surface area contributed by atoms with Crippen LogP contribution in [0, 0.1) is 5.92 Å². The molecule has 1 saturated carbocycles. The lowest BCUT2D eigenvalue weighted by Crippen LogP contribution is -2.34. The van der Waals surface area contributed by atoms with Crippen LogP contribution in [0.1, 0.15) is 18.5 Å². The molecule has 0 atom stereocenters. The average Bonchev–Trinajstić information content (AvgIpc) is 2.48. The van der Waals surface area contributed by atoms with E-state index in [4.69, 9.17) is 0 Å². The lowest BCUT2D eigenvalue weighted by atomic mass is 9.85. The van der Waals surface area contributed by atoms with Gasteiger partial charge in [0.15, 0.2) is 0 Å². The van der Waals surface area contributed by atoms with E-state index in [9.17, 15) is 0 Å². The van der Waals surface area contributed by atoms with Crippen molar-refractivity contribution in [1.82, 2.24) is 14.7 Å². The molecule has 1 fully saturated rings. The summed E-state index contributed by atoms with van der Waals surface area (Å²) in [7, 11) is 4.14. The number of aromatic nitrogens is 2. The predicted molar refractivity (Wildman–Crippen MR) is 65.0 cm³/mol. The van der Waals surface area contributed by atoms with Crippen LogP contribution in [0.2, 0.25) is 0 Å². The van der Waals surface area contributed by atoms with Gasteiger partial charge in [-0.05, 0) is 31.9 Å². The molecule has 2 rings (SSSR count). The summed E-state index contributed by atoms with van der Waals surface area (Å²) >= 11 is 3.63. The van der Waals surface area contributed by atoms with Crippen molar-refractivity contribution in [2.45, 2.75) is 24.2 Å². The Morgan fingerprint density at radius 3 is 2.87 bits per heavy atom. The van der Waals surface area contributed by atoms with Crippen LogP contribution in [-0.4, -0.2) is 33.1 Å². The van der Waals surface area contributed by atoms with Crippen LogP contribution < -0.4 is 0 Å². The Kier molecular flexibility index (Phi) is 3.46. The number of rotatable bonds is 4. The van der Waals surface area contributed by atoms with Crippen molar-refractivity contribution in [3.63, 3.8) is 0 Å². The quantitative estimate of drug-likeness (QED) is 0.782. The van der Waals surface area contributed by atoms with Crippen LogP contribution >= 0.6 is 15.9 Å².